The van der Waals surface area contributed by atoms with E-state index in [1.165, 1.54) is 16.9 Å². The van der Waals surface area contributed by atoms with E-state index in [0.717, 1.165) is 24.0 Å². The maximum absolute atomic E-state index is 13.7. The minimum Gasteiger partial charge on any atom is -0.450 e. The fraction of sp³-hybridized carbons (Fsp3) is 0.444. The number of rotatable bonds is 2. The van der Waals surface area contributed by atoms with Crippen molar-refractivity contribution in [2.75, 3.05) is 0 Å². The Morgan fingerprint density at radius 2 is 2.21 bits per heavy atom. The van der Waals surface area contributed by atoms with Gasteiger partial charge >= 0.3 is 5.97 Å². The van der Waals surface area contributed by atoms with E-state index >= 15 is 0 Å². The molecule has 1 heterocycles. The van der Waals surface area contributed by atoms with Gasteiger partial charge in [-0.15, -0.1) is 0 Å². The van der Waals surface area contributed by atoms with Crippen molar-refractivity contribution >= 4 is 17.6 Å². The van der Waals surface area contributed by atoms with E-state index in [1.54, 1.807) is 19.2 Å². The van der Waals surface area contributed by atoms with Gasteiger partial charge in [0.25, 0.3) is 0 Å². The van der Waals surface area contributed by atoms with Crippen molar-refractivity contribution in [2.24, 2.45) is 12.5 Å². The summed E-state index contributed by atoms with van der Waals surface area (Å²) < 4.78 is 21.2. The lowest BCUT2D eigenvalue weighted by atomic mass is 9.76. The van der Waals surface area contributed by atoms with E-state index in [-0.39, 0.29) is 27.9 Å². The number of hydrogen-bond acceptors (Lipinski definition) is 3. The van der Waals surface area contributed by atoms with Crippen molar-refractivity contribution in [3.05, 3.63) is 52.1 Å². The van der Waals surface area contributed by atoms with Crippen molar-refractivity contribution < 1.29 is 13.9 Å². The highest BCUT2D eigenvalue weighted by molar-refractivity contribution is 6.32. The lowest BCUT2D eigenvalue weighted by molar-refractivity contribution is -0.0682. The first-order valence-electron chi connectivity index (χ1n) is 7.99. The van der Waals surface area contributed by atoms with Gasteiger partial charge in [-0.1, -0.05) is 31.5 Å². The Morgan fingerprint density at radius 1 is 1.46 bits per heavy atom. The number of carbonyl (C=O) groups is 1. The second-order valence-corrected chi connectivity index (χ2v) is 7.59. The summed E-state index contributed by atoms with van der Waals surface area (Å²) in [5, 5.41) is 4.25. The molecule has 2 unspecified atom stereocenters. The first kappa shape index (κ1) is 15.6. The van der Waals surface area contributed by atoms with Gasteiger partial charge in [-0.05, 0) is 42.0 Å². The second kappa shape index (κ2) is 4.82. The van der Waals surface area contributed by atoms with Crippen LogP contribution in [0.15, 0.2) is 24.4 Å². The third kappa shape index (κ3) is 1.79. The molecular weight excluding hydrogens is 331 g/mol. The highest BCUT2D eigenvalue weighted by atomic mass is 35.5. The molecule has 126 valence electrons. The zero-order valence-electron chi connectivity index (χ0n) is 13.8. The highest BCUT2D eigenvalue weighted by Gasteiger charge is 2.64. The van der Waals surface area contributed by atoms with Gasteiger partial charge in [0.05, 0.1) is 6.20 Å². The van der Waals surface area contributed by atoms with Crippen LogP contribution in [0, 0.1) is 11.2 Å². The molecule has 2 aliphatic carbocycles. The van der Waals surface area contributed by atoms with E-state index in [1.807, 2.05) is 0 Å². The van der Waals surface area contributed by atoms with Crippen LogP contribution in [-0.4, -0.2) is 15.7 Å². The average molecular weight is 349 g/mol. The van der Waals surface area contributed by atoms with Crippen LogP contribution in [-0.2, 0) is 17.4 Å². The van der Waals surface area contributed by atoms with Crippen LogP contribution in [0.4, 0.5) is 4.39 Å². The zero-order chi connectivity index (χ0) is 17.3. The van der Waals surface area contributed by atoms with Crippen LogP contribution in [0.5, 0.6) is 0 Å². The highest BCUT2D eigenvalue weighted by Crippen LogP contribution is 2.68. The molecular formula is C18H18ClFN2O2. The van der Waals surface area contributed by atoms with E-state index in [0.29, 0.717) is 0 Å². The van der Waals surface area contributed by atoms with E-state index in [4.69, 9.17) is 16.3 Å². The first-order chi connectivity index (χ1) is 11.3. The Labute approximate surface area is 144 Å². The Balaban J connectivity index is 1.79. The van der Waals surface area contributed by atoms with Gasteiger partial charge in [0, 0.05) is 12.5 Å². The van der Waals surface area contributed by atoms with E-state index < -0.39 is 11.6 Å². The van der Waals surface area contributed by atoms with Crippen LogP contribution < -0.4 is 0 Å². The largest absolute Gasteiger partial charge is 0.450 e. The van der Waals surface area contributed by atoms with Gasteiger partial charge in [-0.2, -0.15) is 5.10 Å². The summed E-state index contributed by atoms with van der Waals surface area (Å²) >= 11 is 6.13. The number of hydrogen-bond donors (Lipinski definition) is 0. The Morgan fingerprint density at radius 3 is 2.88 bits per heavy atom. The number of ether oxygens (including phenoxy) is 1. The van der Waals surface area contributed by atoms with Crippen LogP contribution >= 0.6 is 11.6 Å². The molecule has 2 bridgehead atoms. The molecule has 0 N–H and O–H groups in total. The van der Waals surface area contributed by atoms with Crippen LogP contribution in [0.1, 0.15) is 54.1 Å². The normalized spacial score (nSPS) is 26.5. The second-order valence-electron chi connectivity index (χ2n) is 7.23. The van der Waals surface area contributed by atoms with Gasteiger partial charge in [0.15, 0.2) is 0 Å². The maximum Gasteiger partial charge on any atom is 0.343 e. The topological polar surface area (TPSA) is 44.1 Å². The van der Waals surface area contributed by atoms with Crippen molar-refractivity contribution in [3.8, 4) is 0 Å². The van der Waals surface area contributed by atoms with Gasteiger partial charge in [0.2, 0.25) is 0 Å². The zero-order valence-corrected chi connectivity index (χ0v) is 14.5. The molecule has 0 aliphatic heterocycles. The molecule has 6 heteroatoms. The molecule has 1 aromatic heterocycles. The molecule has 0 radical (unpaired) electrons. The van der Waals surface area contributed by atoms with Crippen molar-refractivity contribution in [2.45, 2.75) is 38.2 Å². The summed E-state index contributed by atoms with van der Waals surface area (Å²) in [5.41, 5.74) is 1.07. The van der Waals surface area contributed by atoms with E-state index in [2.05, 4.69) is 18.9 Å². The number of carbonyl (C=O) groups excluding carboxylic acids is 1. The monoisotopic (exact) mass is 348 g/mol. The summed E-state index contributed by atoms with van der Waals surface area (Å²) in [6.45, 7) is 4.17. The lowest BCUT2D eigenvalue weighted by Crippen LogP contribution is -2.39. The number of aryl methyl sites for hydroxylation is 1. The van der Waals surface area contributed by atoms with Gasteiger partial charge < -0.3 is 4.74 Å². The minimum absolute atomic E-state index is 0.181. The Kier molecular flexibility index (Phi) is 3.14. The van der Waals surface area contributed by atoms with Crippen LogP contribution in [0.25, 0.3) is 0 Å². The molecule has 1 aromatic carbocycles. The molecule has 0 amide bonds. The number of aromatic nitrogens is 2. The van der Waals surface area contributed by atoms with Crippen molar-refractivity contribution in [3.63, 3.8) is 0 Å². The fourth-order valence-corrected chi connectivity index (χ4v) is 4.71. The van der Waals surface area contributed by atoms with Gasteiger partial charge in [0.1, 0.15) is 22.1 Å². The van der Waals surface area contributed by atoms with Crippen LogP contribution in [0.3, 0.4) is 0 Å². The number of nitrogens with zero attached hydrogens (tertiary/aromatic N) is 2. The maximum atomic E-state index is 13.7. The Hall–Kier alpha value is -1.88. The van der Waals surface area contributed by atoms with Gasteiger partial charge in [-0.3, -0.25) is 4.68 Å². The summed E-state index contributed by atoms with van der Waals surface area (Å²) in [6.07, 6.45) is 3.02. The fourth-order valence-electron chi connectivity index (χ4n) is 4.54. The predicted octanol–water partition coefficient (Wildman–Crippen LogP) is 4.18. The molecule has 2 atom stereocenters. The smallest absolute Gasteiger partial charge is 0.343 e. The molecule has 2 aromatic rings. The molecule has 0 saturated heterocycles. The van der Waals surface area contributed by atoms with Crippen LogP contribution in [0.2, 0.25) is 5.15 Å². The van der Waals surface area contributed by atoms with E-state index in [9.17, 15) is 9.18 Å². The standard InChI is InChI=1S/C18H18ClFN2O2/c1-17(2)13-6-7-18(17,14-5-4-10(20)8-11(13)14)24-16(23)12-9-21-22(3)15(12)19/h4-5,8-9,13H,6-7H2,1-3H3. The molecule has 0 spiro atoms. The predicted molar refractivity (Wildman–Crippen MR) is 87.5 cm³/mol. The SMILES string of the molecule is Cn1ncc(C(=O)OC23CCC(c4cc(F)ccc42)C3(C)C)c1Cl. The van der Waals surface area contributed by atoms with Gasteiger partial charge in [-0.25, -0.2) is 9.18 Å². The average Bonchev–Trinajstić information content (AvgIpc) is 3.04. The molecule has 2 aliphatic rings. The molecule has 24 heavy (non-hydrogen) atoms. The number of benzene rings is 1. The summed E-state index contributed by atoms with van der Waals surface area (Å²) in [7, 11) is 1.67. The summed E-state index contributed by atoms with van der Waals surface area (Å²) in [5.74, 6) is -0.562. The molecule has 1 fully saturated rings. The summed E-state index contributed by atoms with van der Waals surface area (Å²) in [6, 6.07) is 4.76. The minimum atomic E-state index is -0.753. The van der Waals surface area contributed by atoms with Crippen molar-refractivity contribution in [1.29, 1.82) is 0 Å². The number of halogens is 2. The Bertz CT molecular complexity index is 861. The molecule has 4 nitrogen and oxygen atoms in total. The van der Waals surface area contributed by atoms with Crippen molar-refractivity contribution in [1.82, 2.24) is 9.78 Å². The quantitative estimate of drug-likeness (QED) is 0.765. The first-order valence-corrected chi connectivity index (χ1v) is 8.36. The molecule has 4 rings (SSSR count). The molecule has 1 saturated carbocycles. The summed E-state index contributed by atoms with van der Waals surface area (Å²) in [4.78, 5) is 12.7. The lowest BCUT2D eigenvalue weighted by Gasteiger charge is -2.38. The third-order valence-electron chi connectivity index (χ3n) is 5.87. The third-order valence-corrected chi connectivity index (χ3v) is 6.32. The number of fused-ring (bicyclic) bond motifs is 5. The number of esters is 1.